The van der Waals surface area contributed by atoms with Gasteiger partial charge in [0.15, 0.2) is 0 Å². The Bertz CT molecular complexity index is 540. The molecule has 2 aliphatic heterocycles. The zero-order chi connectivity index (χ0) is 17.5. The van der Waals surface area contributed by atoms with Crippen LogP contribution in [0.4, 0.5) is 4.79 Å². The van der Waals surface area contributed by atoms with Crippen molar-refractivity contribution in [2.45, 2.75) is 32.7 Å². The molecule has 5 heteroatoms. The summed E-state index contributed by atoms with van der Waals surface area (Å²) < 4.78 is 5.43. The molecule has 0 radical (unpaired) electrons. The summed E-state index contributed by atoms with van der Waals surface area (Å²) in [5, 5.41) is 3.07. The molecular formula is C20H31N3O2. The van der Waals surface area contributed by atoms with E-state index in [2.05, 4.69) is 41.4 Å². The quantitative estimate of drug-likeness (QED) is 0.912. The molecule has 1 aromatic rings. The number of carbonyl (C=O) groups is 1. The van der Waals surface area contributed by atoms with Gasteiger partial charge in [0.1, 0.15) is 0 Å². The van der Waals surface area contributed by atoms with Crippen LogP contribution in [0.1, 0.15) is 30.4 Å². The first kappa shape index (κ1) is 18.2. The smallest absolute Gasteiger partial charge is 0.317 e. The Morgan fingerprint density at radius 3 is 2.64 bits per heavy atom. The fourth-order valence-electron chi connectivity index (χ4n) is 3.70. The highest BCUT2D eigenvalue weighted by Gasteiger charge is 2.22. The topological polar surface area (TPSA) is 44.8 Å². The Morgan fingerprint density at radius 1 is 1.12 bits per heavy atom. The number of hydrogen-bond acceptors (Lipinski definition) is 3. The van der Waals surface area contributed by atoms with Crippen molar-refractivity contribution < 1.29 is 9.53 Å². The monoisotopic (exact) mass is 345 g/mol. The minimum atomic E-state index is 0.0765. The van der Waals surface area contributed by atoms with Crippen LogP contribution in [0.25, 0.3) is 0 Å². The minimum Gasteiger partial charge on any atom is -0.379 e. The molecule has 0 spiro atoms. The highest BCUT2D eigenvalue weighted by atomic mass is 16.5. The van der Waals surface area contributed by atoms with Gasteiger partial charge in [0, 0.05) is 39.3 Å². The lowest BCUT2D eigenvalue weighted by molar-refractivity contribution is 0.0296. The van der Waals surface area contributed by atoms with E-state index in [9.17, 15) is 4.79 Å². The van der Waals surface area contributed by atoms with Gasteiger partial charge in [-0.2, -0.15) is 0 Å². The van der Waals surface area contributed by atoms with Crippen molar-refractivity contribution >= 4 is 6.03 Å². The first-order valence-corrected chi connectivity index (χ1v) is 9.59. The maximum absolute atomic E-state index is 12.5. The van der Waals surface area contributed by atoms with Crippen LogP contribution in [0.3, 0.4) is 0 Å². The Labute approximate surface area is 151 Å². The third kappa shape index (κ3) is 5.72. The third-order valence-electron chi connectivity index (χ3n) is 5.32. The summed E-state index contributed by atoms with van der Waals surface area (Å²) in [4.78, 5) is 17.0. The molecule has 0 aliphatic carbocycles. The summed E-state index contributed by atoms with van der Waals surface area (Å²) in [6.07, 6.45) is 3.43. The van der Waals surface area contributed by atoms with E-state index in [1.807, 2.05) is 4.90 Å². The molecule has 3 rings (SSSR count). The Balaban J connectivity index is 1.42. The number of likely N-dealkylation sites (tertiary alicyclic amines) is 1. The number of carbonyl (C=O) groups excluding carboxylic acids is 1. The SMILES string of the molecule is Cc1ccc(CNC(=O)N2CCCC(CN3CCOCC3)CC2)cc1. The van der Waals surface area contributed by atoms with Gasteiger partial charge in [-0.1, -0.05) is 29.8 Å². The largest absolute Gasteiger partial charge is 0.379 e. The molecule has 2 fully saturated rings. The number of nitrogens with zero attached hydrogens (tertiary/aromatic N) is 2. The first-order chi connectivity index (χ1) is 12.2. The van der Waals surface area contributed by atoms with Crippen LogP contribution >= 0.6 is 0 Å². The number of hydrogen-bond donors (Lipinski definition) is 1. The molecule has 0 saturated carbocycles. The van der Waals surface area contributed by atoms with Crippen LogP contribution in [0.15, 0.2) is 24.3 Å². The molecule has 138 valence electrons. The van der Waals surface area contributed by atoms with Crippen molar-refractivity contribution in [3.63, 3.8) is 0 Å². The zero-order valence-electron chi connectivity index (χ0n) is 15.4. The van der Waals surface area contributed by atoms with Gasteiger partial charge in [0.25, 0.3) is 0 Å². The summed E-state index contributed by atoms with van der Waals surface area (Å²) in [5.74, 6) is 0.702. The summed E-state index contributed by atoms with van der Waals surface area (Å²) in [6, 6.07) is 8.41. The van der Waals surface area contributed by atoms with E-state index in [1.165, 1.54) is 12.0 Å². The second kappa shape index (κ2) is 9.20. The number of amides is 2. The molecule has 2 aliphatic rings. The van der Waals surface area contributed by atoms with Crippen LogP contribution in [-0.4, -0.2) is 61.8 Å². The van der Waals surface area contributed by atoms with Crippen molar-refractivity contribution in [1.82, 2.24) is 15.1 Å². The summed E-state index contributed by atoms with van der Waals surface area (Å²) in [5.41, 5.74) is 2.40. The lowest BCUT2D eigenvalue weighted by atomic mass is 10.00. The van der Waals surface area contributed by atoms with Crippen LogP contribution in [-0.2, 0) is 11.3 Å². The number of nitrogens with one attached hydrogen (secondary N) is 1. The summed E-state index contributed by atoms with van der Waals surface area (Å²) in [6.45, 7) is 9.41. The Hall–Kier alpha value is -1.59. The molecular weight excluding hydrogens is 314 g/mol. The van der Waals surface area contributed by atoms with Crippen molar-refractivity contribution in [1.29, 1.82) is 0 Å². The number of morpholine rings is 1. The van der Waals surface area contributed by atoms with E-state index in [0.717, 1.165) is 64.3 Å². The van der Waals surface area contributed by atoms with E-state index in [1.54, 1.807) is 0 Å². The van der Waals surface area contributed by atoms with Gasteiger partial charge in [0.2, 0.25) is 0 Å². The summed E-state index contributed by atoms with van der Waals surface area (Å²) >= 11 is 0. The molecule has 2 heterocycles. The second-order valence-electron chi connectivity index (χ2n) is 7.34. The van der Waals surface area contributed by atoms with E-state index in [-0.39, 0.29) is 6.03 Å². The minimum absolute atomic E-state index is 0.0765. The Morgan fingerprint density at radius 2 is 1.88 bits per heavy atom. The van der Waals surface area contributed by atoms with Crippen molar-refractivity contribution in [3.05, 3.63) is 35.4 Å². The van der Waals surface area contributed by atoms with Gasteiger partial charge in [0.05, 0.1) is 13.2 Å². The van der Waals surface area contributed by atoms with Gasteiger partial charge in [-0.3, -0.25) is 4.90 Å². The predicted molar refractivity (Wildman–Crippen MR) is 99.6 cm³/mol. The van der Waals surface area contributed by atoms with Crippen molar-refractivity contribution in [2.24, 2.45) is 5.92 Å². The predicted octanol–water partition coefficient (Wildman–Crippen LogP) is 2.64. The molecule has 1 N–H and O–H groups in total. The van der Waals surface area contributed by atoms with E-state index < -0.39 is 0 Å². The Kier molecular flexibility index (Phi) is 6.70. The van der Waals surface area contributed by atoms with Gasteiger partial charge in [-0.25, -0.2) is 4.79 Å². The molecule has 1 aromatic carbocycles. The number of urea groups is 1. The fraction of sp³-hybridized carbons (Fsp3) is 0.650. The molecule has 0 bridgehead atoms. The zero-order valence-corrected chi connectivity index (χ0v) is 15.4. The van der Waals surface area contributed by atoms with E-state index in [4.69, 9.17) is 4.74 Å². The van der Waals surface area contributed by atoms with Gasteiger partial charge >= 0.3 is 6.03 Å². The van der Waals surface area contributed by atoms with Gasteiger partial charge in [-0.05, 0) is 37.7 Å². The first-order valence-electron chi connectivity index (χ1n) is 9.59. The van der Waals surface area contributed by atoms with Crippen LogP contribution in [0.5, 0.6) is 0 Å². The maximum Gasteiger partial charge on any atom is 0.317 e. The van der Waals surface area contributed by atoms with E-state index >= 15 is 0 Å². The van der Waals surface area contributed by atoms with Crippen LogP contribution in [0.2, 0.25) is 0 Å². The van der Waals surface area contributed by atoms with Crippen LogP contribution < -0.4 is 5.32 Å². The fourth-order valence-corrected chi connectivity index (χ4v) is 3.70. The average molecular weight is 345 g/mol. The molecule has 25 heavy (non-hydrogen) atoms. The molecule has 0 aromatic heterocycles. The molecule has 5 nitrogen and oxygen atoms in total. The molecule has 1 atom stereocenters. The number of benzene rings is 1. The highest BCUT2D eigenvalue weighted by molar-refractivity contribution is 5.74. The van der Waals surface area contributed by atoms with Crippen molar-refractivity contribution in [3.8, 4) is 0 Å². The maximum atomic E-state index is 12.5. The number of rotatable bonds is 4. The highest BCUT2D eigenvalue weighted by Crippen LogP contribution is 2.19. The van der Waals surface area contributed by atoms with Gasteiger partial charge < -0.3 is 15.0 Å². The lowest BCUT2D eigenvalue weighted by Gasteiger charge is -2.30. The molecule has 2 amide bonds. The molecule has 1 unspecified atom stereocenters. The normalized spacial score (nSPS) is 22.4. The number of aryl methyl sites for hydroxylation is 1. The molecule has 2 saturated heterocycles. The second-order valence-corrected chi connectivity index (χ2v) is 7.34. The third-order valence-corrected chi connectivity index (χ3v) is 5.32. The average Bonchev–Trinajstić information content (AvgIpc) is 2.87. The van der Waals surface area contributed by atoms with Crippen molar-refractivity contribution in [2.75, 3.05) is 45.9 Å². The van der Waals surface area contributed by atoms with Crippen LogP contribution in [0, 0.1) is 12.8 Å². The standard InChI is InChI=1S/C20H31N3O2/c1-17-4-6-18(7-5-17)15-21-20(24)23-9-2-3-19(8-10-23)16-22-11-13-25-14-12-22/h4-7,19H,2-3,8-16H2,1H3,(H,21,24). The van der Waals surface area contributed by atoms with E-state index in [0.29, 0.717) is 12.5 Å². The van der Waals surface area contributed by atoms with Gasteiger partial charge in [-0.15, -0.1) is 0 Å². The number of ether oxygens (including phenoxy) is 1. The lowest BCUT2D eigenvalue weighted by Crippen LogP contribution is -2.41. The summed E-state index contributed by atoms with van der Waals surface area (Å²) in [7, 11) is 0.